The van der Waals surface area contributed by atoms with Gasteiger partial charge in [-0.3, -0.25) is 9.69 Å². The zero-order chi connectivity index (χ0) is 17.8. The minimum absolute atomic E-state index is 0.154. The summed E-state index contributed by atoms with van der Waals surface area (Å²) in [5.74, 6) is 2.35. The smallest absolute Gasteiger partial charge is 0.236 e. The normalized spacial score (nSPS) is 23.2. The Hall–Kier alpha value is -1.51. The van der Waals surface area contributed by atoms with Crippen LogP contribution in [0.3, 0.4) is 0 Å². The predicted octanol–water partition coefficient (Wildman–Crippen LogP) is -0.303. The van der Waals surface area contributed by atoms with Crippen LogP contribution in [-0.4, -0.2) is 81.5 Å². The zero-order valence-electron chi connectivity index (χ0n) is 15.3. The summed E-state index contributed by atoms with van der Waals surface area (Å²) in [5.41, 5.74) is 0. The quantitative estimate of drug-likeness (QED) is 0.758. The highest BCUT2D eigenvalue weighted by Gasteiger charge is 2.28. The Morgan fingerprint density at radius 2 is 2.00 bits per heavy atom. The van der Waals surface area contributed by atoms with E-state index in [0.717, 1.165) is 70.1 Å². The molecule has 2 fully saturated rings. The molecule has 1 amide bonds. The Bertz CT molecular complexity index is 582. The SMILES string of the molecule is CNCC(=O)N1CCCC(c2nnc(CN3CCC(O)CC3)n2C)C1. The first-order chi connectivity index (χ1) is 12.1. The summed E-state index contributed by atoms with van der Waals surface area (Å²) < 4.78 is 2.10. The van der Waals surface area contributed by atoms with E-state index >= 15 is 0 Å². The standard InChI is InChI=1S/C17H30N6O2/c1-18-10-16(25)23-7-3-4-13(11-23)17-20-19-15(21(17)2)12-22-8-5-14(24)6-9-22/h13-14,18,24H,3-12H2,1-2H3. The van der Waals surface area contributed by atoms with Gasteiger partial charge in [0.05, 0.1) is 19.2 Å². The van der Waals surface area contributed by atoms with E-state index in [1.165, 1.54) is 0 Å². The molecule has 0 aromatic carbocycles. The van der Waals surface area contributed by atoms with Gasteiger partial charge < -0.3 is 19.9 Å². The van der Waals surface area contributed by atoms with Gasteiger partial charge in [0.15, 0.2) is 0 Å². The first-order valence-corrected chi connectivity index (χ1v) is 9.29. The lowest BCUT2D eigenvalue weighted by molar-refractivity contribution is -0.131. The van der Waals surface area contributed by atoms with E-state index in [1.807, 2.05) is 11.9 Å². The summed E-state index contributed by atoms with van der Waals surface area (Å²) in [5, 5.41) is 21.4. The predicted molar refractivity (Wildman–Crippen MR) is 94.0 cm³/mol. The van der Waals surface area contributed by atoms with Crippen LogP contribution in [0.15, 0.2) is 0 Å². The number of likely N-dealkylation sites (tertiary alicyclic amines) is 2. The molecule has 2 N–H and O–H groups in total. The van der Waals surface area contributed by atoms with Gasteiger partial charge in [0.1, 0.15) is 11.6 Å². The first-order valence-electron chi connectivity index (χ1n) is 9.29. The average Bonchev–Trinajstić information content (AvgIpc) is 2.98. The van der Waals surface area contributed by atoms with E-state index in [2.05, 4.69) is 25.0 Å². The number of aliphatic hydroxyl groups excluding tert-OH is 1. The Kier molecular flexibility index (Phi) is 6.03. The number of amides is 1. The topological polar surface area (TPSA) is 86.5 Å². The van der Waals surface area contributed by atoms with Gasteiger partial charge in [-0.25, -0.2) is 0 Å². The van der Waals surface area contributed by atoms with Gasteiger partial charge in [0.2, 0.25) is 5.91 Å². The fourth-order valence-electron chi connectivity index (χ4n) is 3.82. The van der Waals surface area contributed by atoms with Crippen LogP contribution in [0.5, 0.6) is 0 Å². The second kappa shape index (κ2) is 8.25. The minimum Gasteiger partial charge on any atom is -0.393 e. The molecule has 0 aliphatic carbocycles. The number of hydrogen-bond donors (Lipinski definition) is 2. The molecule has 0 saturated carbocycles. The number of carbonyl (C=O) groups excluding carboxylic acids is 1. The molecule has 1 aromatic rings. The lowest BCUT2D eigenvalue weighted by atomic mass is 9.97. The third-order valence-corrected chi connectivity index (χ3v) is 5.39. The molecule has 2 saturated heterocycles. The highest BCUT2D eigenvalue weighted by atomic mass is 16.3. The van der Waals surface area contributed by atoms with Crippen LogP contribution in [0.25, 0.3) is 0 Å². The van der Waals surface area contributed by atoms with Crippen molar-refractivity contribution in [3.8, 4) is 0 Å². The number of likely N-dealkylation sites (N-methyl/N-ethyl adjacent to an activating group) is 1. The fourth-order valence-corrected chi connectivity index (χ4v) is 3.82. The van der Waals surface area contributed by atoms with E-state index < -0.39 is 0 Å². The number of nitrogens with zero attached hydrogens (tertiary/aromatic N) is 5. The molecule has 140 valence electrons. The molecular weight excluding hydrogens is 320 g/mol. The van der Waals surface area contributed by atoms with Crippen LogP contribution in [0, 0.1) is 0 Å². The Labute approximate surface area is 149 Å². The molecule has 2 aliphatic heterocycles. The molecule has 8 heteroatoms. The molecule has 3 rings (SSSR count). The van der Waals surface area contributed by atoms with Crippen LogP contribution >= 0.6 is 0 Å². The van der Waals surface area contributed by atoms with Crippen molar-refractivity contribution in [1.82, 2.24) is 29.9 Å². The lowest BCUT2D eigenvalue weighted by Crippen LogP contribution is -2.43. The lowest BCUT2D eigenvalue weighted by Gasteiger charge is -2.32. The third kappa shape index (κ3) is 4.37. The maximum atomic E-state index is 12.1. The van der Waals surface area contributed by atoms with Gasteiger partial charge in [-0.1, -0.05) is 0 Å². The fraction of sp³-hybridized carbons (Fsp3) is 0.824. The first kappa shape index (κ1) is 18.3. The van der Waals surface area contributed by atoms with Gasteiger partial charge in [0, 0.05) is 39.1 Å². The van der Waals surface area contributed by atoms with Crippen molar-refractivity contribution in [1.29, 1.82) is 0 Å². The van der Waals surface area contributed by atoms with E-state index in [0.29, 0.717) is 6.54 Å². The van der Waals surface area contributed by atoms with Crippen molar-refractivity contribution in [2.24, 2.45) is 7.05 Å². The molecule has 2 aliphatic rings. The van der Waals surface area contributed by atoms with Crippen molar-refractivity contribution in [3.05, 3.63) is 11.6 Å². The number of aliphatic hydroxyl groups is 1. The molecular formula is C17H30N6O2. The minimum atomic E-state index is -0.158. The van der Waals surface area contributed by atoms with E-state index in [4.69, 9.17) is 0 Å². The number of rotatable bonds is 5. The Balaban J connectivity index is 1.63. The molecule has 1 unspecified atom stereocenters. The summed E-state index contributed by atoms with van der Waals surface area (Å²) in [6.45, 7) is 4.52. The largest absolute Gasteiger partial charge is 0.393 e. The molecule has 0 spiro atoms. The summed E-state index contributed by atoms with van der Waals surface area (Å²) in [7, 11) is 3.83. The molecule has 8 nitrogen and oxygen atoms in total. The number of carbonyl (C=O) groups is 1. The number of piperidine rings is 2. The molecule has 3 heterocycles. The maximum absolute atomic E-state index is 12.1. The van der Waals surface area contributed by atoms with Gasteiger partial charge >= 0.3 is 0 Å². The summed E-state index contributed by atoms with van der Waals surface area (Å²) in [6.07, 6.45) is 3.55. The van der Waals surface area contributed by atoms with E-state index in [1.54, 1.807) is 7.05 Å². The summed E-state index contributed by atoms with van der Waals surface area (Å²) in [6, 6.07) is 0. The second-order valence-corrected chi connectivity index (χ2v) is 7.25. The van der Waals surface area contributed by atoms with Crippen LogP contribution in [0.4, 0.5) is 0 Å². The molecule has 0 radical (unpaired) electrons. The number of aromatic nitrogens is 3. The molecule has 1 atom stereocenters. The third-order valence-electron chi connectivity index (χ3n) is 5.39. The highest BCUT2D eigenvalue weighted by Crippen LogP contribution is 2.26. The van der Waals surface area contributed by atoms with E-state index in [-0.39, 0.29) is 17.9 Å². The summed E-state index contributed by atoms with van der Waals surface area (Å²) in [4.78, 5) is 16.4. The van der Waals surface area contributed by atoms with Gasteiger partial charge in [0.25, 0.3) is 0 Å². The van der Waals surface area contributed by atoms with Crippen molar-refractivity contribution >= 4 is 5.91 Å². The molecule has 25 heavy (non-hydrogen) atoms. The van der Waals surface area contributed by atoms with Crippen LogP contribution in [0.2, 0.25) is 0 Å². The van der Waals surface area contributed by atoms with Crippen LogP contribution in [-0.2, 0) is 18.4 Å². The van der Waals surface area contributed by atoms with Crippen molar-refractivity contribution in [2.75, 3.05) is 39.8 Å². The Morgan fingerprint density at radius 3 is 2.72 bits per heavy atom. The second-order valence-electron chi connectivity index (χ2n) is 7.25. The number of nitrogens with one attached hydrogen (secondary N) is 1. The van der Waals surface area contributed by atoms with Crippen LogP contribution < -0.4 is 5.32 Å². The highest BCUT2D eigenvalue weighted by molar-refractivity contribution is 5.78. The van der Waals surface area contributed by atoms with E-state index in [9.17, 15) is 9.90 Å². The van der Waals surface area contributed by atoms with Crippen molar-refractivity contribution in [2.45, 2.75) is 44.2 Å². The molecule has 0 bridgehead atoms. The van der Waals surface area contributed by atoms with Crippen LogP contribution in [0.1, 0.15) is 43.3 Å². The molecule has 1 aromatic heterocycles. The van der Waals surface area contributed by atoms with Crippen molar-refractivity contribution in [3.63, 3.8) is 0 Å². The van der Waals surface area contributed by atoms with Gasteiger partial charge in [-0.05, 0) is 32.7 Å². The number of hydrogen-bond acceptors (Lipinski definition) is 6. The Morgan fingerprint density at radius 1 is 1.24 bits per heavy atom. The monoisotopic (exact) mass is 350 g/mol. The average molecular weight is 350 g/mol. The maximum Gasteiger partial charge on any atom is 0.236 e. The zero-order valence-corrected chi connectivity index (χ0v) is 15.3. The van der Waals surface area contributed by atoms with Gasteiger partial charge in [-0.15, -0.1) is 10.2 Å². The van der Waals surface area contributed by atoms with Crippen molar-refractivity contribution < 1.29 is 9.90 Å². The van der Waals surface area contributed by atoms with Gasteiger partial charge in [-0.2, -0.15) is 0 Å². The summed E-state index contributed by atoms with van der Waals surface area (Å²) >= 11 is 0.